The standard InChI is InChI=1S/C25H23F3O2/c1-2-3-7-23(19-5-4-6-20(16-19)25(26,27)28)24(17-8-12-21(29)13-9-17)18-10-14-22(30)15-11-18/h4-6,8-16,29-30H,2-3,7H2,1H3. The number of phenolic OH excluding ortho intramolecular Hbond substituents is 2. The molecular formula is C25H23F3O2. The summed E-state index contributed by atoms with van der Waals surface area (Å²) in [7, 11) is 0. The maximum atomic E-state index is 13.3. The van der Waals surface area contributed by atoms with Crippen molar-refractivity contribution in [2.24, 2.45) is 0 Å². The topological polar surface area (TPSA) is 40.5 Å². The van der Waals surface area contributed by atoms with Crippen molar-refractivity contribution in [1.82, 2.24) is 0 Å². The predicted octanol–water partition coefficient (Wildman–Crippen LogP) is 7.27. The van der Waals surface area contributed by atoms with Crippen molar-refractivity contribution in [3.8, 4) is 11.5 Å². The number of aromatic hydroxyl groups is 2. The molecule has 2 N–H and O–H groups in total. The Morgan fingerprint density at radius 3 is 1.77 bits per heavy atom. The molecule has 0 fully saturated rings. The molecule has 2 nitrogen and oxygen atoms in total. The van der Waals surface area contributed by atoms with Crippen molar-refractivity contribution in [2.75, 3.05) is 0 Å². The highest BCUT2D eigenvalue weighted by atomic mass is 19.4. The van der Waals surface area contributed by atoms with E-state index in [9.17, 15) is 23.4 Å². The zero-order valence-electron chi connectivity index (χ0n) is 16.6. The SMILES string of the molecule is CCCCC(=C(c1ccc(O)cc1)c1ccc(O)cc1)c1cccc(C(F)(F)F)c1. The summed E-state index contributed by atoms with van der Waals surface area (Å²) in [5, 5.41) is 19.4. The lowest BCUT2D eigenvalue weighted by atomic mass is 9.86. The van der Waals surface area contributed by atoms with Crippen LogP contribution in [0.25, 0.3) is 11.1 Å². The Morgan fingerprint density at radius 1 is 0.767 bits per heavy atom. The van der Waals surface area contributed by atoms with E-state index < -0.39 is 11.7 Å². The minimum absolute atomic E-state index is 0.109. The predicted molar refractivity (Wildman–Crippen MR) is 113 cm³/mol. The summed E-state index contributed by atoms with van der Waals surface area (Å²) < 4.78 is 40.0. The normalized spacial score (nSPS) is 11.3. The molecule has 3 aromatic carbocycles. The summed E-state index contributed by atoms with van der Waals surface area (Å²) >= 11 is 0. The summed E-state index contributed by atoms with van der Waals surface area (Å²) in [6.07, 6.45) is -2.13. The molecule has 3 rings (SSSR count). The lowest BCUT2D eigenvalue weighted by Gasteiger charge is -2.19. The highest BCUT2D eigenvalue weighted by molar-refractivity contribution is 5.98. The van der Waals surface area contributed by atoms with Crippen LogP contribution in [0.5, 0.6) is 11.5 Å². The Hall–Kier alpha value is -3.21. The van der Waals surface area contributed by atoms with Gasteiger partial charge in [-0.1, -0.05) is 49.7 Å². The Bertz CT molecular complexity index is 970. The van der Waals surface area contributed by atoms with Crippen LogP contribution in [0.4, 0.5) is 13.2 Å². The first-order chi connectivity index (χ1) is 14.3. The van der Waals surface area contributed by atoms with Crippen LogP contribution in [0.2, 0.25) is 0 Å². The second kappa shape index (κ2) is 9.08. The molecule has 0 aliphatic carbocycles. The number of halogens is 3. The smallest absolute Gasteiger partial charge is 0.416 e. The summed E-state index contributed by atoms with van der Waals surface area (Å²) in [5.41, 5.74) is 2.95. The van der Waals surface area contributed by atoms with Crippen LogP contribution in [-0.2, 0) is 6.18 Å². The molecule has 156 valence electrons. The van der Waals surface area contributed by atoms with E-state index in [1.807, 2.05) is 6.92 Å². The molecule has 30 heavy (non-hydrogen) atoms. The quantitative estimate of drug-likeness (QED) is 0.418. The van der Waals surface area contributed by atoms with Gasteiger partial charge in [-0.05, 0) is 77.1 Å². The fourth-order valence-corrected chi connectivity index (χ4v) is 3.42. The summed E-state index contributed by atoms with van der Waals surface area (Å²) in [4.78, 5) is 0. The third kappa shape index (κ3) is 5.03. The average molecular weight is 412 g/mol. The molecule has 0 radical (unpaired) electrons. The molecule has 0 aliphatic heterocycles. The molecular weight excluding hydrogens is 389 g/mol. The molecule has 0 spiro atoms. The van der Waals surface area contributed by atoms with Crippen molar-refractivity contribution < 1.29 is 23.4 Å². The highest BCUT2D eigenvalue weighted by Gasteiger charge is 2.30. The average Bonchev–Trinajstić information content (AvgIpc) is 2.72. The fraction of sp³-hybridized carbons (Fsp3) is 0.200. The molecule has 0 aromatic heterocycles. The molecule has 5 heteroatoms. The van der Waals surface area contributed by atoms with Gasteiger partial charge in [0, 0.05) is 0 Å². The van der Waals surface area contributed by atoms with Gasteiger partial charge in [-0.2, -0.15) is 13.2 Å². The molecule has 3 aromatic rings. The van der Waals surface area contributed by atoms with Crippen LogP contribution in [0.1, 0.15) is 48.4 Å². The van der Waals surface area contributed by atoms with Crippen molar-refractivity contribution in [1.29, 1.82) is 0 Å². The van der Waals surface area contributed by atoms with Crippen LogP contribution >= 0.6 is 0 Å². The van der Waals surface area contributed by atoms with E-state index in [0.717, 1.165) is 41.2 Å². The van der Waals surface area contributed by atoms with Gasteiger partial charge in [0.2, 0.25) is 0 Å². The Morgan fingerprint density at radius 2 is 1.30 bits per heavy atom. The van der Waals surface area contributed by atoms with Crippen molar-refractivity contribution in [2.45, 2.75) is 32.4 Å². The van der Waals surface area contributed by atoms with E-state index in [-0.39, 0.29) is 11.5 Å². The third-order valence-electron chi connectivity index (χ3n) is 4.93. The zero-order chi connectivity index (χ0) is 21.7. The van der Waals surface area contributed by atoms with Crippen LogP contribution in [-0.4, -0.2) is 10.2 Å². The van der Waals surface area contributed by atoms with E-state index in [1.165, 1.54) is 12.1 Å². The molecule has 0 bridgehead atoms. The lowest BCUT2D eigenvalue weighted by molar-refractivity contribution is -0.137. The monoisotopic (exact) mass is 412 g/mol. The van der Waals surface area contributed by atoms with Crippen molar-refractivity contribution in [3.63, 3.8) is 0 Å². The van der Waals surface area contributed by atoms with Crippen molar-refractivity contribution >= 4 is 11.1 Å². The summed E-state index contributed by atoms with van der Waals surface area (Å²) in [6, 6.07) is 18.6. The Labute approximate surface area is 173 Å². The largest absolute Gasteiger partial charge is 0.508 e. The number of phenols is 2. The highest BCUT2D eigenvalue weighted by Crippen LogP contribution is 2.38. The molecule has 0 aliphatic rings. The second-order valence-electron chi connectivity index (χ2n) is 7.13. The maximum Gasteiger partial charge on any atom is 0.416 e. The van der Waals surface area contributed by atoms with E-state index in [2.05, 4.69) is 0 Å². The van der Waals surface area contributed by atoms with Crippen LogP contribution in [0.15, 0.2) is 72.8 Å². The minimum atomic E-state index is -4.43. The van der Waals surface area contributed by atoms with Gasteiger partial charge in [0.25, 0.3) is 0 Å². The first-order valence-corrected chi connectivity index (χ1v) is 9.79. The molecule has 0 heterocycles. The van der Waals surface area contributed by atoms with Gasteiger partial charge in [-0.3, -0.25) is 0 Å². The maximum absolute atomic E-state index is 13.3. The second-order valence-corrected chi connectivity index (χ2v) is 7.13. The molecule has 0 atom stereocenters. The number of unbranched alkanes of at least 4 members (excludes halogenated alkanes) is 1. The number of rotatable bonds is 6. The molecule has 0 saturated heterocycles. The number of benzene rings is 3. The van der Waals surface area contributed by atoms with Gasteiger partial charge >= 0.3 is 6.18 Å². The van der Waals surface area contributed by atoms with E-state index in [1.54, 1.807) is 54.6 Å². The van der Waals surface area contributed by atoms with Gasteiger partial charge < -0.3 is 10.2 Å². The van der Waals surface area contributed by atoms with E-state index in [4.69, 9.17) is 0 Å². The van der Waals surface area contributed by atoms with E-state index >= 15 is 0 Å². The molecule has 0 amide bonds. The van der Waals surface area contributed by atoms with Gasteiger partial charge in [0.05, 0.1) is 5.56 Å². The van der Waals surface area contributed by atoms with Crippen LogP contribution in [0.3, 0.4) is 0 Å². The first-order valence-electron chi connectivity index (χ1n) is 9.79. The third-order valence-corrected chi connectivity index (χ3v) is 4.93. The number of hydrogen-bond acceptors (Lipinski definition) is 2. The molecule has 0 unspecified atom stereocenters. The number of allylic oxidation sites excluding steroid dienone is 1. The fourth-order valence-electron chi connectivity index (χ4n) is 3.42. The van der Waals surface area contributed by atoms with Gasteiger partial charge in [-0.15, -0.1) is 0 Å². The van der Waals surface area contributed by atoms with Crippen molar-refractivity contribution in [3.05, 3.63) is 95.1 Å². The molecule has 0 saturated carbocycles. The lowest BCUT2D eigenvalue weighted by Crippen LogP contribution is -2.05. The Balaban J connectivity index is 2.29. The van der Waals surface area contributed by atoms with Crippen LogP contribution < -0.4 is 0 Å². The zero-order valence-corrected chi connectivity index (χ0v) is 16.6. The van der Waals surface area contributed by atoms with E-state index in [0.29, 0.717) is 12.0 Å². The van der Waals surface area contributed by atoms with Gasteiger partial charge in [0.1, 0.15) is 11.5 Å². The first kappa shape index (κ1) is 21.5. The van der Waals surface area contributed by atoms with Gasteiger partial charge in [0.15, 0.2) is 0 Å². The Kier molecular flexibility index (Phi) is 6.50. The minimum Gasteiger partial charge on any atom is -0.508 e. The summed E-state index contributed by atoms with van der Waals surface area (Å²) in [6.45, 7) is 2.03. The number of hydrogen-bond donors (Lipinski definition) is 2. The van der Waals surface area contributed by atoms with Gasteiger partial charge in [-0.25, -0.2) is 0 Å². The number of alkyl halides is 3. The summed E-state index contributed by atoms with van der Waals surface area (Å²) in [5.74, 6) is 0.218. The van der Waals surface area contributed by atoms with Crippen LogP contribution in [0, 0.1) is 0 Å².